The van der Waals surface area contributed by atoms with Gasteiger partial charge < -0.3 is 4.74 Å². The van der Waals surface area contributed by atoms with Gasteiger partial charge in [-0.05, 0) is 42.7 Å². The zero-order valence-corrected chi connectivity index (χ0v) is 10.8. The molecule has 0 radical (unpaired) electrons. The van der Waals surface area contributed by atoms with Crippen LogP contribution in [0.15, 0.2) is 30.5 Å². The van der Waals surface area contributed by atoms with Crippen molar-refractivity contribution in [3.8, 4) is 11.4 Å². The first-order valence-corrected chi connectivity index (χ1v) is 5.82. The third-order valence-electron chi connectivity index (χ3n) is 2.99. The fourth-order valence-corrected chi connectivity index (χ4v) is 1.97. The van der Waals surface area contributed by atoms with Crippen molar-refractivity contribution < 1.29 is 4.74 Å². The summed E-state index contributed by atoms with van der Waals surface area (Å²) in [4.78, 5) is 0. The summed E-state index contributed by atoms with van der Waals surface area (Å²) in [6, 6.07) is 7.93. The van der Waals surface area contributed by atoms with Gasteiger partial charge in [-0.2, -0.15) is 5.10 Å². The van der Waals surface area contributed by atoms with Crippen molar-refractivity contribution in [3.05, 3.63) is 41.7 Å². The molecule has 1 aromatic carbocycles. The van der Waals surface area contributed by atoms with E-state index in [-0.39, 0.29) is 0 Å². The molecule has 3 nitrogen and oxygen atoms in total. The van der Waals surface area contributed by atoms with E-state index in [0.717, 1.165) is 11.4 Å². The van der Waals surface area contributed by atoms with E-state index in [0.29, 0.717) is 5.92 Å². The van der Waals surface area contributed by atoms with Gasteiger partial charge in [-0.3, -0.25) is 0 Å². The third kappa shape index (κ3) is 2.18. The van der Waals surface area contributed by atoms with Gasteiger partial charge in [-0.1, -0.05) is 13.8 Å². The fourth-order valence-electron chi connectivity index (χ4n) is 1.97. The largest absolute Gasteiger partial charge is 0.497 e. The van der Waals surface area contributed by atoms with Crippen LogP contribution in [0, 0.1) is 6.92 Å². The number of aromatic nitrogens is 2. The topological polar surface area (TPSA) is 27.1 Å². The Hall–Kier alpha value is -1.77. The van der Waals surface area contributed by atoms with Gasteiger partial charge in [0.1, 0.15) is 5.75 Å². The summed E-state index contributed by atoms with van der Waals surface area (Å²) < 4.78 is 7.12. The van der Waals surface area contributed by atoms with Crippen molar-refractivity contribution in [2.75, 3.05) is 7.11 Å². The predicted molar refractivity (Wildman–Crippen MR) is 68.9 cm³/mol. The van der Waals surface area contributed by atoms with Gasteiger partial charge in [0, 0.05) is 5.69 Å². The summed E-state index contributed by atoms with van der Waals surface area (Å²) in [7, 11) is 1.67. The van der Waals surface area contributed by atoms with E-state index in [1.165, 1.54) is 11.3 Å². The van der Waals surface area contributed by atoms with Crippen molar-refractivity contribution in [3.63, 3.8) is 0 Å². The number of ether oxygens (including phenoxy) is 1. The lowest BCUT2D eigenvalue weighted by atomic mass is 10.1. The smallest absolute Gasteiger partial charge is 0.119 e. The summed E-state index contributed by atoms with van der Waals surface area (Å²) in [6.07, 6.45) is 1.95. The highest BCUT2D eigenvalue weighted by atomic mass is 16.5. The Balaban J connectivity index is 2.39. The monoisotopic (exact) mass is 230 g/mol. The summed E-state index contributed by atoms with van der Waals surface area (Å²) in [5.41, 5.74) is 3.56. The number of rotatable bonds is 3. The molecule has 1 heterocycles. The van der Waals surface area contributed by atoms with Crippen LogP contribution >= 0.6 is 0 Å². The van der Waals surface area contributed by atoms with Crippen LogP contribution in [0.3, 0.4) is 0 Å². The van der Waals surface area contributed by atoms with E-state index in [2.05, 4.69) is 25.9 Å². The van der Waals surface area contributed by atoms with Crippen molar-refractivity contribution in [2.45, 2.75) is 26.7 Å². The molecule has 0 saturated heterocycles. The molecular formula is C14H18N2O. The predicted octanol–water partition coefficient (Wildman–Crippen LogP) is 3.31. The highest BCUT2D eigenvalue weighted by Crippen LogP contribution is 2.22. The molecule has 0 aliphatic rings. The van der Waals surface area contributed by atoms with Gasteiger partial charge in [-0.25, -0.2) is 4.68 Å². The first-order valence-electron chi connectivity index (χ1n) is 5.82. The first kappa shape index (κ1) is 11.7. The third-order valence-corrected chi connectivity index (χ3v) is 2.99. The van der Waals surface area contributed by atoms with E-state index in [9.17, 15) is 0 Å². The highest BCUT2D eigenvalue weighted by Gasteiger charge is 2.10. The minimum atomic E-state index is 0.502. The first-order chi connectivity index (χ1) is 8.13. The normalized spacial score (nSPS) is 10.9. The van der Waals surface area contributed by atoms with Crippen molar-refractivity contribution >= 4 is 0 Å². The number of methoxy groups -OCH3 is 1. The van der Waals surface area contributed by atoms with Crippen LogP contribution in [-0.2, 0) is 0 Å². The molecule has 2 rings (SSSR count). The molecule has 0 amide bonds. The standard InChI is InChI=1S/C14H18N2O/c1-10(2)14-9-15-16(11(14)3)12-5-7-13(17-4)8-6-12/h5-10H,1-4H3. The summed E-state index contributed by atoms with van der Waals surface area (Å²) in [6.45, 7) is 6.47. The molecule has 0 unspecified atom stereocenters. The Bertz CT molecular complexity index is 497. The Morgan fingerprint density at radius 3 is 2.29 bits per heavy atom. The van der Waals surface area contributed by atoms with Crippen molar-refractivity contribution in [1.82, 2.24) is 9.78 Å². The minimum Gasteiger partial charge on any atom is -0.497 e. The fraction of sp³-hybridized carbons (Fsp3) is 0.357. The highest BCUT2D eigenvalue weighted by molar-refractivity contribution is 5.39. The summed E-state index contributed by atoms with van der Waals surface area (Å²) >= 11 is 0. The SMILES string of the molecule is COc1ccc(-n2ncc(C(C)C)c2C)cc1. The molecule has 0 aliphatic heterocycles. The number of hydrogen-bond donors (Lipinski definition) is 0. The van der Waals surface area contributed by atoms with E-state index in [1.54, 1.807) is 7.11 Å². The van der Waals surface area contributed by atoms with Crippen LogP contribution in [0.5, 0.6) is 5.75 Å². The molecule has 0 aliphatic carbocycles. The van der Waals surface area contributed by atoms with E-state index < -0.39 is 0 Å². The van der Waals surface area contributed by atoms with Gasteiger partial charge in [-0.15, -0.1) is 0 Å². The number of hydrogen-bond acceptors (Lipinski definition) is 2. The Labute approximate surface area is 102 Å². The molecule has 17 heavy (non-hydrogen) atoms. The molecule has 90 valence electrons. The molecule has 0 saturated carbocycles. The Kier molecular flexibility index (Phi) is 3.18. The molecule has 3 heteroatoms. The molecule has 0 atom stereocenters. The maximum atomic E-state index is 5.15. The minimum absolute atomic E-state index is 0.502. The van der Waals surface area contributed by atoms with Gasteiger partial charge in [0.05, 0.1) is 19.0 Å². The maximum Gasteiger partial charge on any atom is 0.119 e. The van der Waals surface area contributed by atoms with Crippen LogP contribution in [0.1, 0.15) is 31.0 Å². The van der Waals surface area contributed by atoms with Gasteiger partial charge in [0.15, 0.2) is 0 Å². The molecule has 0 spiro atoms. The lowest BCUT2D eigenvalue weighted by Gasteiger charge is -2.08. The van der Waals surface area contributed by atoms with E-state index >= 15 is 0 Å². The molecule has 0 fully saturated rings. The number of nitrogens with zero attached hydrogens (tertiary/aromatic N) is 2. The number of benzene rings is 1. The van der Waals surface area contributed by atoms with Crippen LogP contribution < -0.4 is 4.74 Å². The average molecular weight is 230 g/mol. The second-order valence-electron chi connectivity index (χ2n) is 4.45. The second-order valence-corrected chi connectivity index (χ2v) is 4.45. The van der Waals surface area contributed by atoms with E-state index in [1.807, 2.05) is 35.1 Å². The molecule has 2 aromatic rings. The summed E-state index contributed by atoms with van der Waals surface area (Å²) in [5, 5.41) is 4.44. The van der Waals surface area contributed by atoms with Crippen LogP contribution in [0.2, 0.25) is 0 Å². The Morgan fingerprint density at radius 1 is 1.18 bits per heavy atom. The van der Waals surface area contributed by atoms with Gasteiger partial charge in [0.2, 0.25) is 0 Å². The lowest BCUT2D eigenvalue weighted by Crippen LogP contribution is -2.00. The second kappa shape index (κ2) is 4.62. The maximum absolute atomic E-state index is 5.15. The van der Waals surface area contributed by atoms with Gasteiger partial charge in [0.25, 0.3) is 0 Å². The molecular weight excluding hydrogens is 212 g/mol. The lowest BCUT2D eigenvalue weighted by molar-refractivity contribution is 0.414. The molecule has 0 N–H and O–H groups in total. The van der Waals surface area contributed by atoms with Crippen LogP contribution in [0.25, 0.3) is 5.69 Å². The van der Waals surface area contributed by atoms with Crippen LogP contribution in [0.4, 0.5) is 0 Å². The quantitative estimate of drug-likeness (QED) is 0.808. The molecule has 0 bridgehead atoms. The van der Waals surface area contributed by atoms with Crippen molar-refractivity contribution in [1.29, 1.82) is 0 Å². The average Bonchev–Trinajstić information content (AvgIpc) is 2.71. The zero-order chi connectivity index (χ0) is 12.4. The van der Waals surface area contributed by atoms with Gasteiger partial charge >= 0.3 is 0 Å². The molecule has 1 aromatic heterocycles. The van der Waals surface area contributed by atoms with Crippen molar-refractivity contribution in [2.24, 2.45) is 0 Å². The Morgan fingerprint density at radius 2 is 1.82 bits per heavy atom. The zero-order valence-electron chi connectivity index (χ0n) is 10.8. The van der Waals surface area contributed by atoms with E-state index in [4.69, 9.17) is 4.74 Å². The van der Waals surface area contributed by atoms with Crippen LogP contribution in [-0.4, -0.2) is 16.9 Å². The summed E-state index contributed by atoms with van der Waals surface area (Å²) in [5.74, 6) is 1.37.